The van der Waals surface area contributed by atoms with Gasteiger partial charge in [0.1, 0.15) is 17.5 Å². The summed E-state index contributed by atoms with van der Waals surface area (Å²) in [4.78, 5) is 55.8. The van der Waals surface area contributed by atoms with Gasteiger partial charge in [-0.15, -0.1) is 0 Å². The fourth-order valence-corrected chi connectivity index (χ4v) is 7.00. The number of nitrogens with one attached hydrogen (secondary N) is 2. The number of carbonyl (C=O) groups is 4. The van der Waals surface area contributed by atoms with Crippen molar-refractivity contribution >= 4 is 46.3 Å². The number of Topliss-reactive ketones (excluding diaryl/α,β-unsaturated/α-hetero) is 2. The Balaban J connectivity index is 1.61. The molecule has 6 atom stereocenters. The van der Waals surface area contributed by atoms with E-state index < -0.39 is 76.3 Å². The molecule has 2 fully saturated rings. The molecule has 44 heavy (non-hydrogen) atoms. The number of aromatic hydroxyl groups is 1. The van der Waals surface area contributed by atoms with Crippen LogP contribution in [0.25, 0.3) is 5.76 Å². The summed E-state index contributed by atoms with van der Waals surface area (Å²) in [7, 11) is 6.55. The van der Waals surface area contributed by atoms with Gasteiger partial charge >= 0.3 is 6.03 Å². The van der Waals surface area contributed by atoms with Crippen molar-refractivity contribution in [2.75, 3.05) is 43.7 Å². The van der Waals surface area contributed by atoms with Crippen LogP contribution in [-0.4, -0.2) is 94.8 Å². The Morgan fingerprint density at radius 1 is 1.09 bits per heavy atom. The van der Waals surface area contributed by atoms with Gasteiger partial charge in [0.05, 0.1) is 17.4 Å². The molecule has 8 N–H and O–H groups in total. The number of ketones is 2. The summed E-state index contributed by atoms with van der Waals surface area (Å²) in [6.07, 6.45) is -1.52. The maximum atomic E-state index is 14.1. The molecule has 2 saturated carbocycles. The first kappa shape index (κ1) is 30.9. The topological polar surface area (TPSA) is 206 Å². The molecule has 3 amide bonds. The summed E-state index contributed by atoms with van der Waals surface area (Å²) in [5.41, 5.74) is 3.05. The minimum Gasteiger partial charge on any atom is -0.507 e. The van der Waals surface area contributed by atoms with Gasteiger partial charge in [0.25, 0.3) is 0 Å². The molecule has 0 radical (unpaired) electrons. The number of benzene rings is 2. The number of phenolic OH excluding ortho intramolecular Hbond substituents is 1. The Bertz CT molecular complexity index is 1620. The van der Waals surface area contributed by atoms with Gasteiger partial charge in [0, 0.05) is 43.0 Å². The third-order valence-electron chi connectivity index (χ3n) is 8.88. The second-order valence-electron chi connectivity index (χ2n) is 11.9. The van der Waals surface area contributed by atoms with E-state index in [1.165, 1.54) is 29.2 Å². The lowest BCUT2D eigenvalue weighted by molar-refractivity contribution is -0.184. The predicted octanol–water partition coefficient (Wildman–Crippen LogP) is 0.978. The lowest BCUT2D eigenvalue weighted by Crippen LogP contribution is -2.73. The van der Waals surface area contributed by atoms with Gasteiger partial charge in [0.2, 0.25) is 11.7 Å². The Labute approximate surface area is 251 Å². The Morgan fingerprint density at radius 2 is 1.77 bits per heavy atom. The third kappa shape index (κ3) is 4.66. The first-order valence-electron chi connectivity index (χ1n) is 13.9. The number of nitrogens with two attached hydrogens (primary N) is 1. The molecule has 3 aliphatic rings. The molecule has 3 aliphatic carbocycles. The second kappa shape index (κ2) is 10.9. The number of hydrogen-bond donors (Lipinski definition) is 7. The van der Waals surface area contributed by atoms with E-state index >= 15 is 0 Å². The van der Waals surface area contributed by atoms with E-state index in [0.29, 0.717) is 11.3 Å². The van der Waals surface area contributed by atoms with Gasteiger partial charge in [-0.2, -0.15) is 0 Å². The highest BCUT2D eigenvalue weighted by molar-refractivity contribution is 6.25. The number of amides is 3. The summed E-state index contributed by atoms with van der Waals surface area (Å²) in [6.45, 7) is 0. The number of rotatable bonds is 5. The predicted molar refractivity (Wildman–Crippen MR) is 157 cm³/mol. The number of anilines is 3. The van der Waals surface area contributed by atoms with Crippen molar-refractivity contribution in [3.63, 3.8) is 0 Å². The number of likely N-dealkylation sites (N-methyl/N-ethyl adjacent to an activating group) is 1. The first-order valence-corrected chi connectivity index (χ1v) is 13.9. The molecule has 2 unspecified atom stereocenters. The minimum atomic E-state index is -2.79. The van der Waals surface area contributed by atoms with Gasteiger partial charge in [-0.05, 0) is 62.7 Å². The van der Waals surface area contributed by atoms with E-state index in [2.05, 4.69) is 10.6 Å². The van der Waals surface area contributed by atoms with Crippen LogP contribution >= 0.6 is 0 Å². The van der Waals surface area contributed by atoms with Crippen molar-refractivity contribution in [1.29, 1.82) is 0 Å². The van der Waals surface area contributed by atoms with Crippen LogP contribution in [-0.2, 0) is 20.8 Å². The minimum absolute atomic E-state index is 0.0259. The highest BCUT2D eigenvalue weighted by atomic mass is 19.1. The van der Waals surface area contributed by atoms with E-state index in [1.807, 2.05) is 0 Å². The van der Waals surface area contributed by atoms with Crippen LogP contribution in [0, 0.1) is 23.6 Å². The van der Waals surface area contributed by atoms with Crippen LogP contribution in [0.4, 0.5) is 26.2 Å². The van der Waals surface area contributed by atoms with Crippen LogP contribution in [0.5, 0.6) is 5.75 Å². The average molecular weight is 612 g/mol. The van der Waals surface area contributed by atoms with Crippen molar-refractivity contribution in [3.8, 4) is 5.75 Å². The van der Waals surface area contributed by atoms with Gasteiger partial charge in [-0.1, -0.05) is 6.07 Å². The number of aliphatic hydroxyl groups is 3. The van der Waals surface area contributed by atoms with Gasteiger partial charge in [0.15, 0.2) is 17.1 Å². The molecule has 14 heteroatoms. The van der Waals surface area contributed by atoms with E-state index in [9.17, 15) is 44.0 Å². The van der Waals surface area contributed by atoms with Crippen molar-refractivity contribution < 1.29 is 44.0 Å². The monoisotopic (exact) mass is 611 g/mol. The van der Waals surface area contributed by atoms with Gasteiger partial charge < -0.3 is 46.6 Å². The smallest absolute Gasteiger partial charge is 0.323 e. The molecule has 0 spiro atoms. The number of phenols is 1. The maximum absolute atomic E-state index is 14.1. The Morgan fingerprint density at radius 3 is 2.36 bits per heavy atom. The zero-order valence-electron chi connectivity index (χ0n) is 24.5. The first-order chi connectivity index (χ1) is 20.6. The SMILES string of the molecule is CN(C)c1cc(NC(=O)Nc2cccc(F)c2)c(O)c2c1C[C@@H]1C[C@@H]3[C@@H](N(C)C)C(O)C(C(N)=O)C(=O)[C@]3(O)C(=O)C1=C2O. The molecule has 2 aromatic rings. The van der Waals surface area contributed by atoms with Crippen molar-refractivity contribution in [3.05, 3.63) is 52.8 Å². The average Bonchev–Trinajstić information content (AvgIpc) is 2.91. The van der Waals surface area contributed by atoms with Crippen LogP contribution < -0.4 is 21.3 Å². The molecular weight excluding hydrogens is 577 g/mol. The summed E-state index contributed by atoms with van der Waals surface area (Å²) in [5, 5.41) is 50.6. The van der Waals surface area contributed by atoms with Crippen LogP contribution in [0.2, 0.25) is 0 Å². The van der Waals surface area contributed by atoms with Crippen LogP contribution in [0.1, 0.15) is 17.5 Å². The molecule has 5 rings (SSSR count). The fraction of sp³-hybridized carbons (Fsp3) is 0.400. The molecule has 0 aromatic heterocycles. The van der Waals surface area contributed by atoms with Gasteiger partial charge in [-0.3, -0.25) is 14.4 Å². The number of urea groups is 1. The van der Waals surface area contributed by atoms with E-state index in [4.69, 9.17) is 5.73 Å². The zero-order valence-corrected chi connectivity index (χ0v) is 24.5. The number of aliphatic hydroxyl groups excluding tert-OH is 2. The van der Waals surface area contributed by atoms with E-state index in [0.717, 1.165) is 6.07 Å². The molecule has 13 nitrogen and oxygen atoms in total. The number of primary amides is 1. The van der Waals surface area contributed by atoms with Crippen molar-refractivity contribution in [1.82, 2.24) is 4.90 Å². The molecule has 0 saturated heterocycles. The summed E-state index contributed by atoms with van der Waals surface area (Å²) in [6, 6.07) is 4.79. The second-order valence-corrected chi connectivity index (χ2v) is 11.9. The fourth-order valence-electron chi connectivity index (χ4n) is 7.00. The van der Waals surface area contributed by atoms with Crippen molar-refractivity contribution in [2.45, 2.75) is 30.6 Å². The highest BCUT2D eigenvalue weighted by Crippen LogP contribution is 2.54. The molecule has 0 bridgehead atoms. The Kier molecular flexibility index (Phi) is 7.64. The molecule has 2 aromatic carbocycles. The van der Waals surface area contributed by atoms with E-state index in [1.54, 1.807) is 33.1 Å². The summed E-state index contributed by atoms with van der Waals surface area (Å²) >= 11 is 0. The highest BCUT2D eigenvalue weighted by Gasteiger charge is 2.67. The number of hydrogen-bond acceptors (Lipinski definition) is 10. The number of halogens is 1. The lowest BCUT2D eigenvalue weighted by Gasteiger charge is -2.53. The molecule has 0 heterocycles. The third-order valence-corrected chi connectivity index (χ3v) is 8.88. The number of fused-ring (bicyclic) bond motifs is 3. The Hall–Kier alpha value is -4.53. The standard InChI is InChI=1S/C30H34FN5O8/c1-35(2)18-11-17(34-29(43)33-14-7-5-6-13(31)10-14)23(37)20-15(18)8-12-9-16-22(36(3)4)25(39)21(28(32)42)27(41)30(16,44)26(40)19(12)24(20)38/h5-7,10-12,16,21-22,25,37-39,44H,8-9H2,1-4H3,(H2,32,42)(H2,33,34,43)/t12-,16-,21?,22-,25?,30-/m1/s1. The zero-order chi connectivity index (χ0) is 32.4. The summed E-state index contributed by atoms with van der Waals surface area (Å²) < 4.78 is 13.6. The van der Waals surface area contributed by atoms with Gasteiger partial charge in [-0.25, -0.2) is 9.18 Å². The number of carbonyl (C=O) groups excluding carboxylic acids is 4. The normalized spacial score (nSPS) is 27.8. The molecule has 234 valence electrons. The largest absolute Gasteiger partial charge is 0.507 e. The van der Waals surface area contributed by atoms with Crippen LogP contribution in [0.15, 0.2) is 35.9 Å². The molecular formula is C30H34FN5O8. The van der Waals surface area contributed by atoms with Crippen LogP contribution in [0.3, 0.4) is 0 Å². The summed E-state index contributed by atoms with van der Waals surface area (Å²) in [5.74, 6) is -9.21. The van der Waals surface area contributed by atoms with Crippen molar-refractivity contribution in [2.24, 2.45) is 23.5 Å². The quantitative estimate of drug-likeness (QED) is 0.188. The number of nitrogens with zero attached hydrogens (tertiary/aromatic N) is 2. The van der Waals surface area contributed by atoms with E-state index in [-0.39, 0.29) is 35.4 Å². The lowest BCUT2D eigenvalue weighted by atomic mass is 9.54. The molecule has 0 aliphatic heterocycles. The maximum Gasteiger partial charge on any atom is 0.323 e.